The molecule has 0 bridgehead atoms. The van der Waals surface area contributed by atoms with Gasteiger partial charge in [-0.3, -0.25) is 4.79 Å². The molecule has 0 spiro atoms. The summed E-state index contributed by atoms with van der Waals surface area (Å²) in [6.45, 7) is 4.40. The fraction of sp³-hybridized carbons (Fsp3) is 0.467. The molecule has 1 aliphatic rings. The van der Waals surface area contributed by atoms with Crippen LogP contribution in [0.3, 0.4) is 0 Å². The topological polar surface area (TPSA) is 57.6 Å². The lowest BCUT2D eigenvalue weighted by Crippen LogP contribution is -2.49. The lowest BCUT2D eigenvalue weighted by molar-refractivity contribution is -0.144. The van der Waals surface area contributed by atoms with Crippen molar-refractivity contribution in [3.05, 3.63) is 33.8 Å². The second-order valence-corrected chi connectivity index (χ2v) is 6.36. The van der Waals surface area contributed by atoms with Crippen LogP contribution in [-0.2, 0) is 4.79 Å². The Balaban J connectivity index is 2.31. The van der Waals surface area contributed by atoms with Crippen LogP contribution in [0.2, 0.25) is 0 Å². The van der Waals surface area contributed by atoms with Crippen LogP contribution in [0.25, 0.3) is 0 Å². The first-order valence-electron chi connectivity index (χ1n) is 6.70. The van der Waals surface area contributed by atoms with Gasteiger partial charge in [-0.25, -0.2) is 4.79 Å². The molecule has 0 saturated carbocycles. The number of halogens is 1. The Morgan fingerprint density at radius 1 is 1.40 bits per heavy atom. The van der Waals surface area contributed by atoms with Crippen LogP contribution in [0.1, 0.15) is 35.7 Å². The highest BCUT2D eigenvalue weighted by atomic mass is 79.9. The average Bonchev–Trinajstić information content (AvgIpc) is 2.40. The van der Waals surface area contributed by atoms with E-state index in [1.165, 1.54) is 4.90 Å². The Bertz CT molecular complexity index is 544. The number of hydrogen-bond donors (Lipinski definition) is 1. The van der Waals surface area contributed by atoms with Crippen molar-refractivity contribution in [2.45, 2.75) is 32.7 Å². The normalized spacial score (nSPS) is 22.6. The van der Waals surface area contributed by atoms with Crippen LogP contribution in [0, 0.1) is 12.8 Å². The van der Waals surface area contributed by atoms with Crippen molar-refractivity contribution in [3.63, 3.8) is 0 Å². The second kappa shape index (κ2) is 5.95. The molecule has 4 nitrogen and oxygen atoms in total. The number of likely N-dealkylation sites (tertiary alicyclic amines) is 1. The standard InChI is InChI=1S/C15H18BrNO3/c1-9-5-6-17(13(7-9)15(19)20)14(18)12-8-11(16)4-3-10(12)2/h3-4,8-9,13H,5-7H2,1-2H3,(H,19,20). The number of nitrogens with zero attached hydrogens (tertiary/aromatic N) is 1. The van der Waals surface area contributed by atoms with Gasteiger partial charge in [0, 0.05) is 16.6 Å². The number of aliphatic carboxylic acids is 1. The molecule has 0 aliphatic carbocycles. The number of aryl methyl sites for hydroxylation is 1. The van der Waals surface area contributed by atoms with Crippen LogP contribution < -0.4 is 0 Å². The van der Waals surface area contributed by atoms with Gasteiger partial charge < -0.3 is 10.0 Å². The Morgan fingerprint density at radius 3 is 2.75 bits per heavy atom. The first-order valence-corrected chi connectivity index (χ1v) is 7.49. The molecule has 0 aromatic heterocycles. The number of carboxylic acid groups (broad SMARTS) is 1. The lowest BCUT2D eigenvalue weighted by Gasteiger charge is -2.36. The van der Waals surface area contributed by atoms with Gasteiger partial charge in [-0.05, 0) is 43.4 Å². The Labute approximate surface area is 126 Å². The summed E-state index contributed by atoms with van der Waals surface area (Å²) in [6, 6.07) is 4.78. The molecule has 108 valence electrons. The van der Waals surface area contributed by atoms with E-state index in [1.807, 2.05) is 26.0 Å². The third-order valence-electron chi connectivity index (χ3n) is 3.84. The van der Waals surface area contributed by atoms with Crippen molar-refractivity contribution in [1.29, 1.82) is 0 Å². The summed E-state index contributed by atoms with van der Waals surface area (Å²) in [5, 5.41) is 9.34. The van der Waals surface area contributed by atoms with Crippen molar-refractivity contribution in [1.82, 2.24) is 4.90 Å². The van der Waals surface area contributed by atoms with Crippen LogP contribution in [0.15, 0.2) is 22.7 Å². The molecule has 1 fully saturated rings. The highest BCUT2D eigenvalue weighted by Crippen LogP contribution is 2.26. The third kappa shape index (κ3) is 3.03. The lowest BCUT2D eigenvalue weighted by atomic mass is 9.91. The predicted octanol–water partition coefficient (Wildman–Crippen LogP) is 3.08. The summed E-state index contributed by atoms with van der Waals surface area (Å²) >= 11 is 3.36. The molecule has 1 aromatic rings. The highest BCUT2D eigenvalue weighted by Gasteiger charge is 2.35. The van der Waals surface area contributed by atoms with Crippen molar-refractivity contribution in [2.24, 2.45) is 5.92 Å². The average molecular weight is 340 g/mol. The Kier molecular flexibility index (Phi) is 4.48. The minimum absolute atomic E-state index is 0.192. The van der Waals surface area contributed by atoms with E-state index in [9.17, 15) is 14.7 Å². The van der Waals surface area contributed by atoms with E-state index in [0.717, 1.165) is 16.5 Å². The number of piperidine rings is 1. The minimum atomic E-state index is -0.919. The number of hydrogen-bond acceptors (Lipinski definition) is 2. The van der Waals surface area contributed by atoms with E-state index in [1.54, 1.807) is 6.07 Å². The molecule has 1 amide bonds. The molecule has 5 heteroatoms. The molecule has 1 heterocycles. The number of rotatable bonds is 2. The summed E-state index contributed by atoms with van der Waals surface area (Å²) in [5.41, 5.74) is 1.43. The van der Waals surface area contributed by atoms with E-state index < -0.39 is 12.0 Å². The van der Waals surface area contributed by atoms with Gasteiger partial charge in [-0.15, -0.1) is 0 Å². The summed E-state index contributed by atoms with van der Waals surface area (Å²) in [5.74, 6) is -0.774. The SMILES string of the molecule is Cc1ccc(Br)cc1C(=O)N1CCC(C)CC1C(=O)O. The van der Waals surface area contributed by atoms with Crippen LogP contribution in [0.5, 0.6) is 0 Å². The Hall–Kier alpha value is -1.36. The fourth-order valence-electron chi connectivity index (χ4n) is 2.60. The van der Waals surface area contributed by atoms with E-state index in [2.05, 4.69) is 15.9 Å². The highest BCUT2D eigenvalue weighted by molar-refractivity contribution is 9.10. The second-order valence-electron chi connectivity index (χ2n) is 5.44. The van der Waals surface area contributed by atoms with E-state index in [-0.39, 0.29) is 5.91 Å². The van der Waals surface area contributed by atoms with Gasteiger partial charge in [-0.1, -0.05) is 28.9 Å². The maximum absolute atomic E-state index is 12.6. The van der Waals surface area contributed by atoms with Crippen LogP contribution in [-0.4, -0.2) is 34.5 Å². The number of amides is 1. The van der Waals surface area contributed by atoms with Crippen molar-refractivity contribution in [2.75, 3.05) is 6.54 Å². The minimum Gasteiger partial charge on any atom is -0.480 e. The van der Waals surface area contributed by atoms with E-state index >= 15 is 0 Å². The zero-order valence-electron chi connectivity index (χ0n) is 11.6. The fourth-order valence-corrected chi connectivity index (χ4v) is 2.96. The smallest absolute Gasteiger partial charge is 0.326 e. The molecule has 2 atom stereocenters. The van der Waals surface area contributed by atoms with Gasteiger partial charge in [0.1, 0.15) is 6.04 Å². The van der Waals surface area contributed by atoms with Gasteiger partial charge in [0.15, 0.2) is 0 Å². The number of carboxylic acids is 1. The summed E-state index contributed by atoms with van der Waals surface area (Å²) < 4.78 is 0.823. The van der Waals surface area contributed by atoms with Crippen molar-refractivity contribution < 1.29 is 14.7 Å². The first-order chi connectivity index (χ1) is 9.40. The first kappa shape index (κ1) is 15.0. The zero-order valence-corrected chi connectivity index (χ0v) is 13.2. The van der Waals surface area contributed by atoms with Gasteiger partial charge >= 0.3 is 5.97 Å². The molecule has 2 rings (SSSR count). The molecule has 20 heavy (non-hydrogen) atoms. The molecule has 2 unspecified atom stereocenters. The quantitative estimate of drug-likeness (QED) is 0.900. The maximum Gasteiger partial charge on any atom is 0.326 e. The Morgan fingerprint density at radius 2 is 2.10 bits per heavy atom. The van der Waals surface area contributed by atoms with E-state index in [4.69, 9.17) is 0 Å². The van der Waals surface area contributed by atoms with Crippen LogP contribution >= 0.6 is 15.9 Å². The number of carbonyl (C=O) groups is 2. The summed E-state index contributed by atoms with van der Waals surface area (Å²) in [6.07, 6.45) is 1.37. The van der Waals surface area contributed by atoms with Crippen molar-refractivity contribution in [3.8, 4) is 0 Å². The largest absolute Gasteiger partial charge is 0.480 e. The van der Waals surface area contributed by atoms with E-state index in [0.29, 0.717) is 24.4 Å². The third-order valence-corrected chi connectivity index (χ3v) is 4.33. The van der Waals surface area contributed by atoms with Crippen molar-refractivity contribution >= 4 is 27.8 Å². The monoisotopic (exact) mass is 339 g/mol. The maximum atomic E-state index is 12.6. The number of carbonyl (C=O) groups excluding carboxylic acids is 1. The van der Waals surface area contributed by atoms with Gasteiger partial charge in [-0.2, -0.15) is 0 Å². The molecular weight excluding hydrogens is 322 g/mol. The molecule has 1 aliphatic heterocycles. The summed E-state index contributed by atoms with van der Waals surface area (Å²) in [7, 11) is 0. The van der Waals surface area contributed by atoms with Gasteiger partial charge in [0.25, 0.3) is 5.91 Å². The zero-order chi connectivity index (χ0) is 14.9. The molecule has 1 N–H and O–H groups in total. The molecule has 1 saturated heterocycles. The summed E-state index contributed by atoms with van der Waals surface area (Å²) in [4.78, 5) is 25.5. The van der Waals surface area contributed by atoms with Crippen LogP contribution in [0.4, 0.5) is 0 Å². The van der Waals surface area contributed by atoms with Gasteiger partial charge in [0.05, 0.1) is 0 Å². The van der Waals surface area contributed by atoms with Gasteiger partial charge in [0.2, 0.25) is 0 Å². The predicted molar refractivity (Wildman–Crippen MR) is 79.7 cm³/mol. The molecule has 1 aromatic carbocycles. The number of benzene rings is 1. The molecular formula is C15H18BrNO3. The molecule has 0 radical (unpaired) electrons.